The van der Waals surface area contributed by atoms with Crippen LogP contribution in [0.5, 0.6) is 0 Å². The topological polar surface area (TPSA) is 49.0 Å². The van der Waals surface area contributed by atoms with Gasteiger partial charge in [-0.05, 0) is 49.4 Å². The van der Waals surface area contributed by atoms with E-state index in [0.717, 1.165) is 49.0 Å². The van der Waals surface area contributed by atoms with Gasteiger partial charge in [-0.3, -0.25) is 4.79 Å². The van der Waals surface area contributed by atoms with Crippen LogP contribution in [0.15, 0.2) is 23.0 Å². The zero-order valence-corrected chi connectivity index (χ0v) is 11.6. The Bertz CT molecular complexity index is 748. The monoisotopic (exact) mass is 267 g/mol. The van der Waals surface area contributed by atoms with Gasteiger partial charge >= 0.3 is 0 Å². The highest BCUT2D eigenvalue weighted by atomic mass is 16.1. The van der Waals surface area contributed by atoms with Crippen molar-refractivity contribution in [1.82, 2.24) is 9.97 Å². The van der Waals surface area contributed by atoms with Crippen molar-refractivity contribution in [2.24, 2.45) is 0 Å². The molecule has 20 heavy (non-hydrogen) atoms. The van der Waals surface area contributed by atoms with Gasteiger partial charge in [0, 0.05) is 30.4 Å². The number of benzene rings is 1. The molecule has 0 radical (unpaired) electrons. The predicted molar refractivity (Wildman–Crippen MR) is 79.3 cm³/mol. The Hall–Kier alpha value is -2.10. The fourth-order valence-electron chi connectivity index (χ4n) is 3.29. The number of hydrogen-bond acceptors (Lipinski definition) is 3. The van der Waals surface area contributed by atoms with Gasteiger partial charge in [0.25, 0.3) is 5.56 Å². The Balaban J connectivity index is 1.82. The van der Waals surface area contributed by atoms with Crippen LogP contribution in [0.1, 0.15) is 23.2 Å². The molecule has 0 saturated carbocycles. The van der Waals surface area contributed by atoms with E-state index in [2.05, 4.69) is 40.1 Å². The zero-order chi connectivity index (χ0) is 13.7. The molecule has 4 nitrogen and oxygen atoms in total. The van der Waals surface area contributed by atoms with Crippen LogP contribution in [0.4, 0.5) is 5.69 Å². The third-order valence-corrected chi connectivity index (χ3v) is 4.42. The van der Waals surface area contributed by atoms with E-state index < -0.39 is 0 Å². The zero-order valence-electron chi connectivity index (χ0n) is 11.6. The average Bonchev–Trinajstić information content (AvgIpc) is 3.06. The van der Waals surface area contributed by atoms with Crippen molar-refractivity contribution < 1.29 is 0 Å². The van der Waals surface area contributed by atoms with E-state index in [0.29, 0.717) is 5.82 Å². The fourth-order valence-corrected chi connectivity index (χ4v) is 3.29. The number of aryl methyl sites for hydroxylation is 1. The summed E-state index contributed by atoms with van der Waals surface area (Å²) in [6.07, 6.45) is 3.91. The van der Waals surface area contributed by atoms with Gasteiger partial charge in [0.15, 0.2) is 0 Å². The summed E-state index contributed by atoms with van der Waals surface area (Å²) < 4.78 is 0. The van der Waals surface area contributed by atoms with E-state index >= 15 is 0 Å². The lowest BCUT2D eigenvalue weighted by atomic mass is 10.1. The number of fused-ring (bicyclic) bond motifs is 2. The van der Waals surface area contributed by atoms with Crippen LogP contribution < -0.4 is 10.5 Å². The third-order valence-electron chi connectivity index (χ3n) is 4.42. The van der Waals surface area contributed by atoms with Gasteiger partial charge in [-0.25, -0.2) is 4.98 Å². The van der Waals surface area contributed by atoms with E-state index in [9.17, 15) is 4.79 Å². The molecule has 2 aliphatic rings. The molecule has 0 atom stereocenters. The lowest BCUT2D eigenvalue weighted by molar-refractivity contribution is 0.899. The summed E-state index contributed by atoms with van der Waals surface area (Å²) >= 11 is 0. The van der Waals surface area contributed by atoms with Crippen LogP contribution in [-0.4, -0.2) is 23.6 Å². The van der Waals surface area contributed by atoms with Crippen LogP contribution in [0, 0.1) is 0 Å². The number of hydrogen-bond donors (Lipinski definition) is 1. The lowest BCUT2D eigenvalue weighted by Crippen LogP contribution is -2.15. The molecule has 0 spiro atoms. The maximum Gasteiger partial charge on any atom is 0.254 e. The first-order valence-electron chi connectivity index (χ1n) is 7.19. The first-order chi connectivity index (χ1) is 9.72. The van der Waals surface area contributed by atoms with Crippen molar-refractivity contribution >= 4 is 5.69 Å². The molecular weight excluding hydrogens is 250 g/mol. The number of likely N-dealkylation sites (N-methyl/N-ethyl adjacent to an activating group) is 1. The second-order valence-electron chi connectivity index (χ2n) is 5.71. The van der Waals surface area contributed by atoms with Crippen molar-refractivity contribution in [2.75, 3.05) is 18.5 Å². The molecule has 4 heteroatoms. The molecular formula is C16H17N3O. The highest BCUT2D eigenvalue weighted by Gasteiger charge is 2.19. The third kappa shape index (κ3) is 1.68. The molecule has 102 valence electrons. The second-order valence-corrected chi connectivity index (χ2v) is 5.71. The SMILES string of the molecule is CN1CCc2cc(-c3nc4c(c(=O)[nH]3)CCC4)ccc21. The minimum atomic E-state index is 0.0418. The number of anilines is 1. The average molecular weight is 267 g/mol. The molecule has 0 saturated heterocycles. The number of rotatable bonds is 1. The first kappa shape index (κ1) is 11.7. The van der Waals surface area contributed by atoms with Crippen molar-refractivity contribution in [1.29, 1.82) is 0 Å². The van der Waals surface area contributed by atoms with Gasteiger partial charge in [-0.15, -0.1) is 0 Å². The molecule has 1 aliphatic heterocycles. The maximum atomic E-state index is 12.1. The van der Waals surface area contributed by atoms with E-state index in [4.69, 9.17) is 0 Å². The summed E-state index contributed by atoms with van der Waals surface area (Å²) in [6.45, 7) is 1.06. The standard InChI is InChI=1S/C16H17N3O/c1-19-8-7-10-9-11(5-6-14(10)19)15-17-13-4-2-3-12(13)16(20)18-15/h5-6,9H,2-4,7-8H2,1H3,(H,17,18,20). The van der Waals surface area contributed by atoms with Crippen LogP contribution in [0.2, 0.25) is 0 Å². The fraction of sp³-hybridized carbons (Fsp3) is 0.375. The van der Waals surface area contributed by atoms with Gasteiger partial charge < -0.3 is 9.88 Å². The van der Waals surface area contributed by atoms with Crippen molar-refractivity contribution in [3.63, 3.8) is 0 Å². The molecule has 1 aromatic carbocycles. The minimum Gasteiger partial charge on any atom is -0.374 e. The van der Waals surface area contributed by atoms with Gasteiger partial charge in [-0.1, -0.05) is 0 Å². The molecule has 0 unspecified atom stereocenters. The van der Waals surface area contributed by atoms with Gasteiger partial charge in [0.05, 0.1) is 5.69 Å². The predicted octanol–water partition coefficient (Wildman–Crippen LogP) is 1.92. The Morgan fingerprint density at radius 3 is 3.05 bits per heavy atom. The van der Waals surface area contributed by atoms with E-state index in [-0.39, 0.29) is 5.56 Å². The van der Waals surface area contributed by atoms with E-state index in [1.807, 2.05) is 0 Å². The van der Waals surface area contributed by atoms with Crippen molar-refractivity contribution in [2.45, 2.75) is 25.7 Å². The summed E-state index contributed by atoms with van der Waals surface area (Å²) in [4.78, 5) is 22.0. The van der Waals surface area contributed by atoms with Gasteiger partial charge in [-0.2, -0.15) is 0 Å². The Morgan fingerprint density at radius 2 is 2.15 bits per heavy atom. The van der Waals surface area contributed by atoms with Crippen LogP contribution in [-0.2, 0) is 19.3 Å². The first-order valence-corrected chi connectivity index (χ1v) is 7.19. The number of H-pyrrole nitrogens is 1. The highest BCUT2D eigenvalue weighted by Crippen LogP contribution is 2.30. The van der Waals surface area contributed by atoms with Crippen molar-refractivity contribution in [3.8, 4) is 11.4 Å². The van der Waals surface area contributed by atoms with E-state index in [1.54, 1.807) is 0 Å². The van der Waals surface area contributed by atoms with E-state index in [1.165, 1.54) is 11.3 Å². The number of aromatic nitrogens is 2. The number of nitrogens with one attached hydrogen (secondary N) is 1. The van der Waals surface area contributed by atoms with Crippen LogP contribution in [0.3, 0.4) is 0 Å². The quantitative estimate of drug-likeness (QED) is 0.858. The van der Waals surface area contributed by atoms with Crippen LogP contribution >= 0.6 is 0 Å². The largest absolute Gasteiger partial charge is 0.374 e. The second kappa shape index (κ2) is 4.20. The van der Waals surface area contributed by atoms with Crippen LogP contribution in [0.25, 0.3) is 11.4 Å². The van der Waals surface area contributed by atoms with Crippen molar-refractivity contribution in [3.05, 3.63) is 45.4 Å². The number of aromatic amines is 1. The van der Waals surface area contributed by atoms with Gasteiger partial charge in [0.2, 0.25) is 0 Å². The summed E-state index contributed by atoms with van der Waals surface area (Å²) in [5.41, 5.74) is 5.56. The summed E-state index contributed by atoms with van der Waals surface area (Å²) in [7, 11) is 2.11. The summed E-state index contributed by atoms with van der Waals surface area (Å²) in [5.74, 6) is 0.716. The minimum absolute atomic E-state index is 0.0418. The summed E-state index contributed by atoms with van der Waals surface area (Å²) in [6, 6.07) is 6.35. The molecule has 0 bridgehead atoms. The molecule has 1 aromatic heterocycles. The highest BCUT2D eigenvalue weighted by molar-refractivity contribution is 5.66. The normalized spacial score (nSPS) is 16.4. The molecule has 2 aromatic rings. The Labute approximate surface area is 117 Å². The Morgan fingerprint density at radius 1 is 1.25 bits per heavy atom. The lowest BCUT2D eigenvalue weighted by Gasteiger charge is -2.12. The molecule has 2 heterocycles. The molecule has 0 amide bonds. The molecule has 0 fully saturated rings. The Kier molecular flexibility index (Phi) is 2.46. The molecule has 4 rings (SSSR count). The molecule has 1 N–H and O–H groups in total. The number of nitrogens with zero attached hydrogens (tertiary/aromatic N) is 2. The van der Waals surface area contributed by atoms with Gasteiger partial charge in [0.1, 0.15) is 5.82 Å². The molecule has 1 aliphatic carbocycles. The maximum absolute atomic E-state index is 12.1. The smallest absolute Gasteiger partial charge is 0.254 e. The summed E-state index contributed by atoms with van der Waals surface area (Å²) in [5, 5.41) is 0.